The molecule has 0 radical (unpaired) electrons. The highest BCUT2D eigenvalue weighted by Gasteiger charge is 2.30. The molecule has 0 saturated carbocycles. The number of nitrogens with zero attached hydrogens (tertiary/aromatic N) is 2. The molecular formula is C20H25N5O. The Kier molecular flexibility index (Phi) is 4.41. The summed E-state index contributed by atoms with van der Waals surface area (Å²) in [6.45, 7) is 4.82. The third-order valence-electron chi connectivity index (χ3n) is 5.34. The van der Waals surface area contributed by atoms with Crippen LogP contribution in [0.25, 0.3) is 10.9 Å². The zero-order valence-electron chi connectivity index (χ0n) is 15.3. The largest absolute Gasteiger partial charge is 0.361 e. The van der Waals surface area contributed by atoms with Gasteiger partial charge in [0.15, 0.2) is 0 Å². The number of hydrogen-bond donors (Lipinski definition) is 3. The van der Waals surface area contributed by atoms with Crippen molar-refractivity contribution in [2.75, 3.05) is 11.9 Å². The molecule has 1 atom stereocenters. The molecule has 1 saturated heterocycles. The second-order valence-corrected chi connectivity index (χ2v) is 7.12. The first-order valence-corrected chi connectivity index (χ1v) is 9.30. The summed E-state index contributed by atoms with van der Waals surface area (Å²) in [5.41, 5.74) is 5.05. The van der Waals surface area contributed by atoms with E-state index in [-0.39, 0.29) is 12.1 Å². The number of nitrogens with one attached hydrogen (secondary N) is 3. The molecule has 1 aromatic carbocycles. The van der Waals surface area contributed by atoms with Gasteiger partial charge in [0.25, 0.3) is 0 Å². The Balaban J connectivity index is 1.60. The molecule has 3 aromatic rings. The summed E-state index contributed by atoms with van der Waals surface area (Å²) < 4.78 is 0. The number of amides is 2. The van der Waals surface area contributed by atoms with Crippen LogP contribution in [0, 0.1) is 13.8 Å². The van der Waals surface area contributed by atoms with E-state index in [4.69, 9.17) is 0 Å². The van der Waals surface area contributed by atoms with Crippen LogP contribution in [0.3, 0.4) is 0 Å². The van der Waals surface area contributed by atoms with Crippen LogP contribution in [0.15, 0.2) is 30.5 Å². The maximum atomic E-state index is 13.1. The zero-order chi connectivity index (χ0) is 18.1. The Morgan fingerprint density at radius 1 is 1.23 bits per heavy atom. The summed E-state index contributed by atoms with van der Waals surface area (Å²) in [6.07, 6.45) is 6.21. The van der Waals surface area contributed by atoms with Crippen LogP contribution in [0.1, 0.15) is 48.7 Å². The number of likely N-dealkylation sites (tertiary alicyclic amines) is 1. The third kappa shape index (κ3) is 3.07. The summed E-state index contributed by atoms with van der Waals surface area (Å²) in [5.74, 6) is 0. The van der Waals surface area contributed by atoms with Gasteiger partial charge in [-0.15, -0.1) is 0 Å². The topological polar surface area (TPSA) is 76.8 Å². The van der Waals surface area contributed by atoms with Crippen LogP contribution in [-0.2, 0) is 0 Å². The van der Waals surface area contributed by atoms with Crippen molar-refractivity contribution < 1.29 is 4.79 Å². The minimum absolute atomic E-state index is 0.0391. The Bertz CT molecular complexity index is 906. The van der Waals surface area contributed by atoms with E-state index in [0.717, 1.165) is 60.2 Å². The van der Waals surface area contributed by atoms with Gasteiger partial charge in [-0.25, -0.2) is 4.79 Å². The molecule has 4 rings (SSSR count). The van der Waals surface area contributed by atoms with Gasteiger partial charge in [0.1, 0.15) is 0 Å². The number of carbonyl (C=O) groups is 1. The van der Waals surface area contributed by atoms with Crippen molar-refractivity contribution in [3.8, 4) is 0 Å². The molecular weight excluding hydrogens is 326 g/mol. The Morgan fingerprint density at radius 2 is 2.12 bits per heavy atom. The summed E-state index contributed by atoms with van der Waals surface area (Å²) >= 11 is 0. The second kappa shape index (κ2) is 6.86. The van der Waals surface area contributed by atoms with E-state index in [1.54, 1.807) is 0 Å². The maximum Gasteiger partial charge on any atom is 0.322 e. The summed E-state index contributed by atoms with van der Waals surface area (Å²) in [4.78, 5) is 18.3. The van der Waals surface area contributed by atoms with Crippen molar-refractivity contribution in [2.24, 2.45) is 0 Å². The second-order valence-electron chi connectivity index (χ2n) is 7.12. The van der Waals surface area contributed by atoms with Crippen LogP contribution in [-0.4, -0.2) is 32.7 Å². The van der Waals surface area contributed by atoms with Crippen molar-refractivity contribution in [1.29, 1.82) is 0 Å². The molecule has 1 aliphatic heterocycles. The molecule has 0 spiro atoms. The lowest BCUT2D eigenvalue weighted by molar-refractivity contribution is 0.189. The van der Waals surface area contributed by atoms with Crippen LogP contribution in [0.2, 0.25) is 0 Å². The molecule has 3 N–H and O–H groups in total. The van der Waals surface area contributed by atoms with Gasteiger partial charge in [-0.3, -0.25) is 5.10 Å². The molecule has 6 heteroatoms. The first-order valence-electron chi connectivity index (χ1n) is 9.30. The van der Waals surface area contributed by atoms with E-state index in [9.17, 15) is 4.79 Å². The minimum atomic E-state index is -0.0391. The standard InChI is InChI=1S/C20H25N5O/c1-13-19(14(2)24-23-13)18-6-4-3-5-11-25(18)20(26)22-16-8-7-15-9-10-21-17(15)12-16/h7-10,12,18,21H,3-6,11H2,1-2H3,(H,22,26)(H,23,24). The molecule has 1 unspecified atom stereocenters. The lowest BCUT2D eigenvalue weighted by Crippen LogP contribution is -2.38. The Morgan fingerprint density at radius 3 is 2.92 bits per heavy atom. The average molecular weight is 351 g/mol. The zero-order valence-corrected chi connectivity index (χ0v) is 15.3. The highest BCUT2D eigenvalue weighted by molar-refractivity contribution is 5.93. The van der Waals surface area contributed by atoms with E-state index in [1.807, 2.05) is 49.2 Å². The van der Waals surface area contributed by atoms with Crippen molar-refractivity contribution in [3.05, 3.63) is 47.4 Å². The van der Waals surface area contributed by atoms with E-state index in [2.05, 4.69) is 20.5 Å². The molecule has 2 amide bonds. The summed E-state index contributed by atoms with van der Waals surface area (Å²) in [5, 5.41) is 11.6. The first kappa shape index (κ1) is 16.7. The van der Waals surface area contributed by atoms with E-state index in [1.165, 1.54) is 5.56 Å². The number of aromatic amines is 2. The van der Waals surface area contributed by atoms with Gasteiger partial charge in [-0.2, -0.15) is 5.10 Å². The smallest absolute Gasteiger partial charge is 0.322 e. The van der Waals surface area contributed by atoms with Gasteiger partial charge in [-0.05, 0) is 50.3 Å². The molecule has 0 bridgehead atoms. The molecule has 6 nitrogen and oxygen atoms in total. The van der Waals surface area contributed by atoms with Crippen LogP contribution in [0.5, 0.6) is 0 Å². The Labute approximate surface area is 153 Å². The molecule has 3 heterocycles. The summed E-state index contributed by atoms with van der Waals surface area (Å²) in [6, 6.07) is 8.01. The molecule has 1 aliphatic rings. The van der Waals surface area contributed by atoms with E-state index >= 15 is 0 Å². The van der Waals surface area contributed by atoms with Gasteiger partial charge in [-0.1, -0.05) is 18.9 Å². The SMILES string of the molecule is Cc1n[nH]c(C)c1C1CCCCCN1C(=O)Nc1ccc2cc[nH]c2c1. The van der Waals surface area contributed by atoms with Crippen molar-refractivity contribution in [3.63, 3.8) is 0 Å². The van der Waals surface area contributed by atoms with E-state index in [0.29, 0.717) is 0 Å². The number of aryl methyl sites for hydroxylation is 2. The average Bonchev–Trinajstić information content (AvgIpc) is 3.13. The number of benzene rings is 1. The number of hydrogen-bond acceptors (Lipinski definition) is 2. The van der Waals surface area contributed by atoms with Gasteiger partial charge in [0.05, 0.1) is 11.7 Å². The molecule has 2 aromatic heterocycles. The van der Waals surface area contributed by atoms with Crippen LogP contribution in [0.4, 0.5) is 10.5 Å². The molecule has 1 fully saturated rings. The first-order chi connectivity index (χ1) is 12.6. The molecule has 136 valence electrons. The van der Waals surface area contributed by atoms with Gasteiger partial charge >= 0.3 is 6.03 Å². The fourth-order valence-electron chi connectivity index (χ4n) is 4.02. The number of urea groups is 1. The third-order valence-corrected chi connectivity index (χ3v) is 5.34. The Hall–Kier alpha value is -2.76. The van der Waals surface area contributed by atoms with Gasteiger partial charge < -0.3 is 15.2 Å². The monoisotopic (exact) mass is 351 g/mol. The fraction of sp³-hybridized carbons (Fsp3) is 0.400. The number of aromatic nitrogens is 3. The predicted octanol–water partition coefficient (Wildman–Crippen LogP) is 4.66. The minimum Gasteiger partial charge on any atom is -0.361 e. The normalized spacial score (nSPS) is 18.1. The molecule has 0 aliphatic carbocycles. The van der Waals surface area contributed by atoms with Crippen LogP contribution >= 0.6 is 0 Å². The molecule has 26 heavy (non-hydrogen) atoms. The van der Waals surface area contributed by atoms with Crippen molar-refractivity contribution >= 4 is 22.6 Å². The van der Waals surface area contributed by atoms with Crippen molar-refractivity contribution in [1.82, 2.24) is 20.1 Å². The highest BCUT2D eigenvalue weighted by atomic mass is 16.2. The number of fused-ring (bicyclic) bond motifs is 1. The lowest BCUT2D eigenvalue weighted by Gasteiger charge is -2.30. The number of anilines is 1. The summed E-state index contributed by atoms with van der Waals surface area (Å²) in [7, 11) is 0. The van der Waals surface area contributed by atoms with Crippen molar-refractivity contribution in [2.45, 2.75) is 45.6 Å². The predicted molar refractivity (Wildman–Crippen MR) is 103 cm³/mol. The highest BCUT2D eigenvalue weighted by Crippen LogP contribution is 2.33. The van der Waals surface area contributed by atoms with Gasteiger partial charge in [0.2, 0.25) is 0 Å². The van der Waals surface area contributed by atoms with Crippen LogP contribution < -0.4 is 5.32 Å². The lowest BCUT2D eigenvalue weighted by atomic mass is 9.99. The van der Waals surface area contributed by atoms with Gasteiger partial charge in [0, 0.05) is 35.2 Å². The quantitative estimate of drug-likeness (QED) is 0.628. The number of carbonyl (C=O) groups excluding carboxylic acids is 1. The van der Waals surface area contributed by atoms with E-state index < -0.39 is 0 Å². The fourth-order valence-corrected chi connectivity index (χ4v) is 4.02. The maximum absolute atomic E-state index is 13.1. The number of rotatable bonds is 2. The number of H-pyrrole nitrogens is 2.